The molecule has 0 saturated carbocycles. The van der Waals surface area contributed by atoms with E-state index in [1.54, 1.807) is 6.33 Å². The summed E-state index contributed by atoms with van der Waals surface area (Å²) in [4.78, 5) is 42.1. The Morgan fingerprint density at radius 2 is 1.91 bits per heavy atom. The first-order chi connectivity index (χ1) is 20.3. The van der Waals surface area contributed by atoms with Crippen molar-refractivity contribution in [3.05, 3.63) is 28.4 Å². The number of nitrogens with one attached hydrogen (secondary N) is 2. The molecule has 0 unspecified atom stereocenters. The second-order valence-corrected chi connectivity index (χ2v) is 14.2. The Kier molecular flexibility index (Phi) is 8.98. The van der Waals surface area contributed by atoms with E-state index in [1.807, 2.05) is 56.2 Å². The van der Waals surface area contributed by atoms with E-state index in [-0.39, 0.29) is 24.1 Å². The predicted molar refractivity (Wildman–Crippen MR) is 164 cm³/mol. The number of hydrogen-bond donors (Lipinski definition) is 3. The van der Waals surface area contributed by atoms with Crippen molar-refractivity contribution in [3.8, 4) is 11.5 Å². The summed E-state index contributed by atoms with van der Waals surface area (Å²) >= 11 is 5.02. The number of carboxylic acid groups (broad SMARTS) is 1. The quantitative estimate of drug-likeness (QED) is 0.291. The van der Waals surface area contributed by atoms with Gasteiger partial charge in [-0.15, -0.1) is 0 Å². The van der Waals surface area contributed by atoms with Crippen molar-refractivity contribution >= 4 is 50.9 Å². The number of halogens is 1. The van der Waals surface area contributed by atoms with Gasteiger partial charge in [-0.3, -0.25) is 15.1 Å². The van der Waals surface area contributed by atoms with Crippen LogP contribution in [0.3, 0.4) is 0 Å². The number of fused-ring (bicyclic) bond motifs is 2. The summed E-state index contributed by atoms with van der Waals surface area (Å²) < 4.78 is 13.8. The minimum atomic E-state index is -1.08. The molecule has 0 aliphatic carbocycles. The number of ether oxygens (including phenoxy) is 2. The van der Waals surface area contributed by atoms with Crippen LogP contribution in [0.2, 0.25) is 0 Å². The van der Waals surface area contributed by atoms with Crippen LogP contribution < -0.4 is 15.0 Å². The van der Waals surface area contributed by atoms with Gasteiger partial charge in [0, 0.05) is 34.5 Å². The van der Waals surface area contributed by atoms with E-state index in [0.29, 0.717) is 53.4 Å². The van der Waals surface area contributed by atoms with Gasteiger partial charge in [0.25, 0.3) is 0 Å². The molecule has 5 rings (SSSR count). The second-order valence-electron chi connectivity index (χ2n) is 12.3. The van der Waals surface area contributed by atoms with Crippen LogP contribution >= 0.6 is 27.7 Å². The normalized spacial score (nSPS) is 16.2. The van der Waals surface area contributed by atoms with Crippen molar-refractivity contribution in [3.63, 3.8) is 0 Å². The highest BCUT2D eigenvalue weighted by atomic mass is 79.9. The van der Waals surface area contributed by atoms with E-state index >= 15 is 0 Å². The van der Waals surface area contributed by atoms with Crippen molar-refractivity contribution in [2.45, 2.75) is 82.1 Å². The summed E-state index contributed by atoms with van der Waals surface area (Å²) in [6.45, 7) is 11.3. The lowest BCUT2D eigenvalue weighted by Gasteiger charge is -2.43. The van der Waals surface area contributed by atoms with E-state index in [9.17, 15) is 14.7 Å². The number of piperidine rings is 1. The van der Waals surface area contributed by atoms with Crippen LogP contribution in [0.5, 0.6) is 11.5 Å². The molecule has 232 valence electrons. The summed E-state index contributed by atoms with van der Waals surface area (Å²) in [5.41, 5.74) is 0.685. The van der Waals surface area contributed by atoms with E-state index in [4.69, 9.17) is 19.9 Å². The van der Waals surface area contributed by atoms with Gasteiger partial charge in [-0.1, -0.05) is 25.6 Å². The number of nitrogens with zero attached hydrogens (tertiary/aromatic N) is 5. The number of hydrogen-bond acceptors (Lipinski definition) is 8. The fraction of sp³-hybridized carbons (Fsp3) is 0.552. The molecule has 2 aliphatic heterocycles. The number of aromatic nitrogens is 4. The van der Waals surface area contributed by atoms with E-state index in [0.717, 1.165) is 28.6 Å². The molecule has 1 atom stereocenters. The molecule has 3 aromatic rings. The van der Waals surface area contributed by atoms with Crippen molar-refractivity contribution in [2.75, 3.05) is 19.9 Å². The maximum atomic E-state index is 13.6. The number of amides is 2. The Morgan fingerprint density at radius 1 is 1.23 bits per heavy atom. The van der Waals surface area contributed by atoms with Gasteiger partial charge in [0.2, 0.25) is 12.7 Å². The molecule has 0 bridgehead atoms. The summed E-state index contributed by atoms with van der Waals surface area (Å²) in [6, 6.07) is 3.05. The Balaban J connectivity index is 1.23. The summed E-state index contributed by atoms with van der Waals surface area (Å²) in [7, 11) is 0. The number of aromatic amines is 1. The summed E-state index contributed by atoms with van der Waals surface area (Å²) in [6.07, 6.45) is 3.14. The molecule has 0 radical (unpaired) electrons. The predicted octanol–water partition coefficient (Wildman–Crippen LogP) is 5.31. The van der Waals surface area contributed by atoms with Gasteiger partial charge in [0.15, 0.2) is 27.8 Å². The highest BCUT2D eigenvalue weighted by Crippen LogP contribution is 2.42. The molecule has 1 fully saturated rings. The number of benzene rings is 1. The zero-order valence-corrected chi connectivity index (χ0v) is 27.4. The maximum absolute atomic E-state index is 13.6. The first kappa shape index (κ1) is 31.2. The van der Waals surface area contributed by atoms with Gasteiger partial charge < -0.3 is 29.0 Å². The molecule has 2 aromatic heterocycles. The lowest BCUT2D eigenvalue weighted by atomic mass is 9.91. The number of rotatable bonds is 8. The van der Waals surface area contributed by atoms with Crippen molar-refractivity contribution in [1.82, 2.24) is 29.3 Å². The molecule has 14 heteroatoms. The molecule has 1 aromatic carbocycles. The number of carbonyl (C=O) groups is 2. The lowest BCUT2D eigenvalue weighted by molar-refractivity contribution is -0.141. The van der Waals surface area contributed by atoms with Crippen LogP contribution in [0.25, 0.3) is 11.2 Å². The van der Waals surface area contributed by atoms with Gasteiger partial charge >= 0.3 is 6.09 Å². The average Bonchev–Trinajstić information content (AvgIpc) is 3.57. The smallest absolute Gasteiger partial charge is 0.408 e. The minimum absolute atomic E-state index is 0.118. The van der Waals surface area contributed by atoms with Crippen LogP contribution in [0, 0.1) is 17.2 Å². The molecule has 4 heterocycles. The number of carbonyl (C=O) groups excluding carboxylic acids is 1. The van der Waals surface area contributed by atoms with Crippen molar-refractivity contribution < 1.29 is 24.2 Å². The Labute approximate surface area is 262 Å². The van der Waals surface area contributed by atoms with Gasteiger partial charge in [-0.2, -0.15) is 0 Å². The van der Waals surface area contributed by atoms with Gasteiger partial charge in [-0.25, -0.2) is 14.8 Å². The van der Waals surface area contributed by atoms with E-state index in [2.05, 4.69) is 25.9 Å². The van der Waals surface area contributed by atoms with Crippen LogP contribution in [0.15, 0.2) is 33.0 Å². The monoisotopic (exact) mass is 675 g/mol. The maximum Gasteiger partial charge on any atom is 0.408 e. The first-order valence-electron chi connectivity index (χ1n) is 14.4. The Morgan fingerprint density at radius 3 is 2.53 bits per heavy atom. The van der Waals surface area contributed by atoms with Gasteiger partial charge in [0.1, 0.15) is 11.6 Å². The zero-order valence-electron chi connectivity index (χ0n) is 25.0. The molecule has 12 nitrogen and oxygen atoms in total. The third-order valence-corrected chi connectivity index (χ3v) is 9.79. The topological polar surface area (TPSA) is 150 Å². The fourth-order valence-electron chi connectivity index (χ4n) is 5.72. The van der Waals surface area contributed by atoms with Crippen LogP contribution in [0.1, 0.15) is 53.9 Å². The number of likely N-dealkylation sites (tertiary alicyclic amines) is 1. The molecule has 43 heavy (non-hydrogen) atoms. The highest BCUT2D eigenvalue weighted by molar-refractivity contribution is 9.10. The fourth-order valence-corrected chi connectivity index (χ4v) is 7.10. The molecule has 2 aliphatic rings. The number of H-pyrrole nitrogens is 1. The standard InChI is InChI=1S/C29H38BrN7O5S/c1-16(2)23(37(28(39)40)29(3,4)5)26(38)35-9-6-17(7-10-35)8-11-36-14-32-24(31)22-25(36)34-27(33-22)43-21-13-20-19(12-18(21)30)41-15-42-20/h12-14,16-17,23,31H,6-11,15H2,1-5H3,(H,33,34)(H,39,40)/t23-/m0/s1. The van der Waals surface area contributed by atoms with Gasteiger partial charge in [0.05, 0.1) is 6.33 Å². The molecule has 0 spiro atoms. The number of aryl methyl sites for hydroxylation is 1. The highest BCUT2D eigenvalue weighted by Gasteiger charge is 2.41. The Hall–Kier alpha value is -3.26. The second kappa shape index (κ2) is 12.4. The van der Waals surface area contributed by atoms with Crippen LogP contribution in [-0.2, 0) is 11.3 Å². The average molecular weight is 677 g/mol. The van der Waals surface area contributed by atoms with Gasteiger partial charge in [-0.05, 0) is 79.9 Å². The van der Waals surface area contributed by atoms with Crippen LogP contribution in [-0.4, -0.2) is 77.9 Å². The number of imidazole rings is 1. The third-order valence-electron chi connectivity index (χ3n) is 7.93. The summed E-state index contributed by atoms with van der Waals surface area (Å²) in [5.74, 6) is 1.51. The Bertz CT molecular complexity index is 1580. The van der Waals surface area contributed by atoms with E-state index < -0.39 is 17.7 Å². The SMILES string of the molecule is CC(C)[C@@H](C(=O)N1CCC(CCn2cnc(=N)c3[nH]c(Sc4cc5c(cc4Br)OCO5)nc32)CC1)N(C(=O)O)C(C)(C)C. The van der Waals surface area contributed by atoms with Crippen LogP contribution in [0.4, 0.5) is 4.79 Å². The molecule has 3 N–H and O–H groups in total. The first-order valence-corrected chi connectivity index (χ1v) is 16.0. The van der Waals surface area contributed by atoms with E-state index in [1.165, 1.54) is 16.7 Å². The van der Waals surface area contributed by atoms with Crippen molar-refractivity contribution in [1.29, 1.82) is 5.41 Å². The molecular weight excluding hydrogens is 638 g/mol. The molecular formula is C29H38BrN7O5S. The molecule has 2 amide bonds. The minimum Gasteiger partial charge on any atom is -0.465 e. The summed E-state index contributed by atoms with van der Waals surface area (Å²) in [5, 5.41) is 18.9. The molecule has 1 saturated heterocycles. The lowest BCUT2D eigenvalue weighted by Crippen LogP contribution is -2.60. The zero-order chi connectivity index (χ0) is 31.1. The third kappa shape index (κ3) is 6.64. The largest absolute Gasteiger partial charge is 0.465 e. The van der Waals surface area contributed by atoms with Crippen molar-refractivity contribution in [2.24, 2.45) is 11.8 Å².